The Balaban J connectivity index is 4.22. The number of rotatable bonds is 14. The fourth-order valence-corrected chi connectivity index (χ4v) is 1.74. The summed E-state index contributed by atoms with van der Waals surface area (Å²) in [5.41, 5.74) is -2.30. The molecular formula is C16H28O10. The summed E-state index contributed by atoms with van der Waals surface area (Å²) in [5.74, 6) is -1.69. The van der Waals surface area contributed by atoms with Crippen molar-refractivity contribution in [3.05, 3.63) is 12.2 Å². The van der Waals surface area contributed by atoms with Gasteiger partial charge >= 0.3 is 11.9 Å². The van der Waals surface area contributed by atoms with Gasteiger partial charge in [0.1, 0.15) is 0 Å². The van der Waals surface area contributed by atoms with Crippen molar-refractivity contribution in [2.75, 3.05) is 52.9 Å². The molecule has 0 atom stereocenters. The van der Waals surface area contributed by atoms with Crippen molar-refractivity contribution in [3.63, 3.8) is 0 Å². The highest BCUT2D eigenvalue weighted by Crippen LogP contribution is 2.20. The van der Waals surface area contributed by atoms with E-state index in [-0.39, 0.29) is 26.1 Å². The first-order valence-electron chi connectivity index (χ1n) is 8.03. The zero-order valence-corrected chi connectivity index (χ0v) is 14.5. The van der Waals surface area contributed by atoms with Crippen LogP contribution in [0.5, 0.6) is 0 Å². The Labute approximate surface area is 151 Å². The Hall–Kier alpha value is -1.56. The van der Waals surface area contributed by atoms with Crippen LogP contribution in [0.1, 0.15) is 12.8 Å². The van der Waals surface area contributed by atoms with Gasteiger partial charge in [-0.1, -0.05) is 0 Å². The zero-order chi connectivity index (χ0) is 20.1. The molecule has 0 aliphatic rings. The third-order valence-corrected chi connectivity index (χ3v) is 4.12. The van der Waals surface area contributed by atoms with E-state index >= 15 is 0 Å². The highest BCUT2D eigenvalue weighted by Gasteiger charge is 2.29. The van der Waals surface area contributed by atoms with Gasteiger partial charge in [0.2, 0.25) is 0 Å². The van der Waals surface area contributed by atoms with Gasteiger partial charge in [0.15, 0.2) is 0 Å². The second kappa shape index (κ2) is 12.7. The van der Waals surface area contributed by atoms with Crippen LogP contribution < -0.4 is 0 Å². The lowest BCUT2D eigenvalue weighted by Gasteiger charge is -2.26. The molecule has 0 radical (unpaired) electrons. The standard InChI is InChI=1S/C16H28O10/c17-7-15(8-18,9-19)3-5-25-13(23)1-2-14(24)26-6-4-16(10-20,11-21)12-22/h1-2,17-22H,3-12H2/b2-1+. The largest absolute Gasteiger partial charge is 0.463 e. The van der Waals surface area contributed by atoms with Gasteiger partial charge in [0, 0.05) is 23.0 Å². The molecule has 0 heterocycles. The maximum Gasteiger partial charge on any atom is 0.331 e. The van der Waals surface area contributed by atoms with Crippen molar-refractivity contribution in [1.82, 2.24) is 0 Å². The van der Waals surface area contributed by atoms with E-state index in [9.17, 15) is 9.59 Å². The molecule has 0 aromatic carbocycles. The number of aliphatic hydroxyl groups excluding tert-OH is 6. The second-order valence-corrected chi connectivity index (χ2v) is 6.12. The minimum absolute atomic E-state index is 0.0338. The fraction of sp³-hybridized carbons (Fsp3) is 0.750. The quantitative estimate of drug-likeness (QED) is 0.138. The summed E-state index contributed by atoms with van der Waals surface area (Å²) in [6.45, 7) is -3.20. The van der Waals surface area contributed by atoms with Crippen molar-refractivity contribution in [3.8, 4) is 0 Å². The predicted octanol–water partition coefficient (Wildman–Crippen LogP) is -2.66. The molecule has 0 saturated carbocycles. The molecule has 0 spiro atoms. The Morgan fingerprint density at radius 3 is 1.12 bits per heavy atom. The first-order valence-corrected chi connectivity index (χ1v) is 8.03. The highest BCUT2D eigenvalue weighted by atomic mass is 16.5. The van der Waals surface area contributed by atoms with Crippen LogP contribution in [0.25, 0.3) is 0 Å². The molecule has 0 amide bonds. The van der Waals surface area contributed by atoms with Gasteiger partial charge in [-0.3, -0.25) is 0 Å². The number of aliphatic hydroxyl groups is 6. The van der Waals surface area contributed by atoms with E-state index in [1.165, 1.54) is 0 Å². The van der Waals surface area contributed by atoms with Crippen LogP contribution in [0, 0.1) is 10.8 Å². The Kier molecular flexibility index (Phi) is 12.0. The molecule has 0 bridgehead atoms. The average molecular weight is 380 g/mol. The van der Waals surface area contributed by atoms with Crippen LogP contribution in [-0.2, 0) is 19.1 Å². The van der Waals surface area contributed by atoms with Crippen LogP contribution in [0.15, 0.2) is 12.2 Å². The molecule has 0 aromatic heterocycles. The SMILES string of the molecule is O=C(/C=C/C(=O)OCCC(CO)(CO)CO)OCCC(CO)(CO)CO. The van der Waals surface area contributed by atoms with Gasteiger partial charge < -0.3 is 40.1 Å². The van der Waals surface area contributed by atoms with Gasteiger partial charge in [-0.2, -0.15) is 0 Å². The third-order valence-electron chi connectivity index (χ3n) is 4.12. The topological polar surface area (TPSA) is 174 Å². The minimum atomic E-state index is -1.15. The molecule has 0 rings (SSSR count). The summed E-state index contributed by atoms with van der Waals surface area (Å²) in [6.07, 6.45) is 1.73. The van der Waals surface area contributed by atoms with Gasteiger partial charge in [0.05, 0.1) is 52.9 Å². The van der Waals surface area contributed by atoms with E-state index in [2.05, 4.69) is 0 Å². The first kappa shape index (κ1) is 24.4. The zero-order valence-electron chi connectivity index (χ0n) is 14.5. The lowest BCUT2D eigenvalue weighted by atomic mass is 9.88. The monoisotopic (exact) mass is 380 g/mol. The fourth-order valence-electron chi connectivity index (χ4n) is 1.74. The maximum atomic E-state index is 11.5. The van der Waals surface area contributed by atoms with Crippen LogP contribution in [0.2, 0.25) is 0 Å². The van der Waals surface area contributed by atoms with E-state index < -0.39 is 62.4 Å². The lowest BCUT2D eigenvalue weighted by molar-refractivity contribution is -0.142. The van der Waals surface area contributed by atoms with Gasteiger partial charge in [-0.05, 0) is 12.8 Å². The van der Waals surface area contributed by atoms with Gasteiger partial charge in [0.25, 0.3) is 0 Å². The molecule has 10 heteroatoms. The van der Waals surface area contributed by atoms with Crippen molar-refractivity contribution < 1.29 is 49.7 Å². The Bertz CT molecular complexity index is 384. The van der Waals surface area contributed by atoms with Crippen molar-refractivity contribution in [1.29, 1.82) is 0 Å². The van der Waals surface area contributed by atoms with Crippen LogP contribution in [-0.4, -0.2) is 95.4 Å². The number of carbonyl (C=O) groups excluding carboxylic acids is 2. The molecule has 0 aliphatic carbocycles. The van der Waals surface area contributed by atoms with E-state index in [1.54, 1.807) is 0 Å². The Morgan fingerprint density at radius 2 is 0.885 bits per heavy atom. The molecule has 0 aliphatic heterocycles. The lowest BCUT2D eigenvalue weighted by Crippen LogP contribution is -2.35. The van der Waals surface area contributed by atoms with E-state index in [0.29, 0.717) is 0 Å². The molecule has 10 nitrogen and oxygen atoms in total. The number of esters is 2. The van der Waals surface area contributed by atoms with Crippen LogP contribution in [0.4, 0.5) is 0 Å². The summed E-state index contributed by atoms with van der Waals surface area (Å²) in [5, 5.41) is 54.8. The van der Waals surface area contributed by atoms with E-state index in [4.69, 9.17) is 40.1 Å². The smallest absolute Gasteiger partial charge is 0.331 e. The number of carbonyl (C=O) groups is 2. The van der Waals surface area contributed by atoms with E-state index in [0.717, 1.165) is 12.2 Å². The molecule has 0 fully saturated rings. The number of hydrogen-bond donors (Lipinski definition) is 6. The summed E-state index contributed by atoms with van der Waals surface area (Å²) in [7, 11) is 0. The summed E-state index contributed by atoms with van der Waals surface area (Å²) in [4.78, 5) is 22.9. The third kappa shape index (κ3) is 8.21. The van der Waals surface area contributed by atoms with Crippen molar-refractivity contribution >= 4 is 11.9 Å². The summed E-state index contributed by atoms with van der Waals surface area (Å²) < 4.78 is 9.60. The van der Waals surface area contributed by atoms with Crippen molar-refractivity contribution in [2.45, 2.75) is 12.8 Å². The summed E-state index contributed by atoms with van der Waals surface area (Å²) >= 11 is 0. The normalized spacial score (nSPS) is 12.4. The predicted molar refractivity (Wildman–Crippen MR) is 87.7 cm³/mol. The highest BCUT2D eigenvalue weighted by molar-refractivity contribution is 5.91. The van der Waals surface area contributed by atoms with E-state index in [1.807, 2.05) is 0 Å². The van der Waals surface area contributed by atoms with Gasteiger partial charge in [-0.25, -0.2) is 9.59 Å². The average Bonchev–Trinajstić information content (AvgIpc) is 2.68. The van der Waals surface area contributed by atoms with Crippen molar-refractivity contribution in [2.24, 2.45) is 10.8 Å². The molecule has 0 aromatic rings. The number of ether oxygens (including phenoxy) is 2. The molecule has 0 saturated heterocycles. The van der Waals surface area contributed by atoms with Gasteiger partial charge in [-0.15, -0.1) is 0 Å². The molecule has 6 N–H and O–H groups in total. The Morgan fingerprint density at radius 1 is 0.615 bits per heavy atom. The molecule has 26 heavy (non-hydrogen) atoms. The first-order chi connectivity index (χ1) is 12.4. The maximum absolute atomic E-state index is 11.5. The minimum Gasteiger partial charge on any atom is -0.463 e. The molecule has 0 unspecified atom stereocenters. The summed E-state index contributed by atoms with van der Waals surface area (Å²) in [6, 6.07) is 0. The van der Waals surface area contributed by atoms with Crippen LogP contribution in [0.3, 0.4) is 0 Å². The van der Waals surface area contributed by atoms with Crippen LogP contribution >= 0.6 is 0 Å². The second-order valence-electron chi connectivity index (χ2n) is 6.12. The molecular weight excluding hydrogens is 352 g/mol. The molecule has 152 valence electrons. The number of hydrogen-bond acceptors (Lipinski definition) is 10.